The second-order valence-corrected chi connectivity index (χ2v) is 21.9. The SMILES string of the molecule is Cc1ncsc1-c1ccc([C@H](C)NC(=O)[C@@H]2C[C@@H](O)CN2C(=O)[C@@H](c2cc(OCC3CCN(CCOc4nc(N5CC6CCC(C5)N6)c5cnc(-c6cc(O)cc(Cl)c6C(F)(F)F)c(F)c5n4)CC3)no2)C(C)C)cc1. The molecule has 8 heterocycles. The number of aliphatic hydroxyl groups is 1. The number of fused-ring (bicyclic) bond motifs is 3. The van der Waals surface area contributed by atoms with Crippen LogP contribution >= 0.6 is 22.9 Å². The molecule has 0 spiro atoms. The summed E-state index contributed by atoms with van der Waals surface area (Å²) in [6, 6.07) is 10.1. The number of nitrogens with one attached hydrogen (secondary N) is 2. The van der Waals surface area contributed by atoms with Crippen LogP contribution in [0.1, 0.15) is 87.4 Å². The number of phenolic OH excluding ortho intramolecular Hbond substituents is 1. The number of β-amino-alcohol motifs (C(OH)–C–C–N with tert-alkyl or cyclic N) is 1. The normalized spacial score (nSPS) is 21.1. The Bertz CT molecular complexity index is 3070. The summed E-state index contributed by atoms with van der Waals surface area (Å²) in [4.78, 5) is 52.4. The number of aryl methyl sites for hydroxylation is 1. The van der Waals surface area contributed by atoms with E-state index in [2.05, 4.69) is 35.6 Å². The third kappa shape index (κ3) is 11.3. The van der Waals surface area contributed by atoms with Gasteiger partial charge in [0.2, 0.25) is 11.8 Å². The first-order valence-corrected chi connectivity index (χ1v) is 26.8. The molecule has 23 heteroatoms. The van der Waals surface area contributed by atoms with Crippen LogP contribution in [0, 0.1) is 24.6 Å². The number of rotatable bonds is 16. The zero-order valence-corrected chi connectivity index (χ0v) is 43.9. The summed E-state index contributed by atoms with van der Waals surface area (Å²) < 4.78 is 77.3. The number of halogens is 5. The number of amides is 2. The number of piperidine rings is 1. The largest absolute Gasteiger partial charge is 0.508 e. The van der Waals surface area contributed by atoms with Gasteiger partial charge in [0.05, 0.1) is 50.8 Å². The van der Waals surface area contributed by atoms with Gasteiger partial charge in [-0.05, 0) is 92.9 Å². The van der Waals surface area contributed by atoms with Crippen molar-refractivity contribution < 1.29 is 51.4 Å². The number of thiazole rings is 1. The molecule has 6 aromatic rings. The molecular formula is C53H59ClF4N10O7S. The minimum Gasteiger partial charge on any atom is -0.508 e. The van der Waals surface area contributed by atoms with E-state index in [0.717, 1.165) is 59.5 Å². The van der Waals surface area contributed by atoms with E-state index >= 15 is 4.39 Å². The number of phenols is 1. The molecule has 4 aliphatic heterocycles. The summed E-state index contributed by atoms with van der Waals surface area (Å²) in [7, 11) is 0. The maximum absolute atomic E-state index is 16.6. The van der Waals surface area contributed by atoms with E-state index in [9.17, 15) is 33.0 Å². The molecule has 4 fully saturated rings. The Morgan fingerprint density at radius 1 is 1.00 bits per heavy atom. The van der Waals surface area contributed by atoms with Crippen molar-refractivity contribution in [3.8, 4) is 39.3 Å². The van der Waals surface area contributed by atoms with E-state index in [1.165, 1.54) is 11.1 Å². The number of ether oxygens (including phenoxy) is 2. The first-order chi connectivity index (χ1) is 36.4. The zero-order valence-electron chi connectivity index (χ0n) is 42.3. The molecule has 0 saturated carbocycles. The Kier molecular flexibility index (Phi) is 15.4. The average Bonchev–Trinajstić information content (AvgIpc) is 4.20. The smallest absolute Gasteiger partial charge is 0.418 e. The molecule has 10 rings (SSSR count). The fourth-order valence-electron chi connectivity index (χ4n) is 11.0. The monoisotopic (exact) mass is 1090 g/mol. The molecule has 2 bridgehead atoms. The number of hydrogen-bond donors (Lipinski definition) is 4. The second kappa shape index (κ2) is 22.0. The van der Waals surface area contributed by atoms with E-state index in [-0.39, 0.29) is 84.1 Å². The highest BCUT2D eigenvalue weighted by molar-refractivity contribution is 7.13. The van der Waals surface area contributed by atoms with Crippen LogP contribution in [0.15, 0.2) is 58.7 Å². The summed E-state index contributed by atoms with van der Waals surface area (Å²) >= 11 is 7.52. The number of nitrogens with zero attached hydrogens (tertiary/aromatic N) is 8. The van der Waals surface area contributed by atoms with Gasteiger partial charge in [-0.2, -0.15) is 23.1 Å². The Labute approximate surface area is 445 Å². The predicted molar refractivity (Wildman–Crippen MR) is 276 cm³/mol. The fraction of sp³-hybridized carbons (Fsp3) is 0.491. The van der Waals surface area contributed by atoms with Crippen LogP contribution in [0.5, 0.6) is 17.6 Å². The van der Waals surface area contributed by atoms with Crippen molar-refractivity contribution in [3.63, 3.8) is 0 Å². The molecule has 404 valence electrons. The molecular weight excluding hydrogens is 1030 g/mol. The summed E-state index contributed by atoms with van der Waals surface area (Å²) in [6.07, 6.45) is -1.01. The summed E-state index contributed by atoms with van der Waals surface area (Å²) in [5.41, 5.74) is 1.69. The third-order valence-electron chi connectivity index (χ3n) is 15.0. The van der Waals surface area contributed by atoms with Gasteiger partial charge in [0.15, 0.2) is 11.6 Å². The van der Waals surface area contributed by atoms with Crippen molar-refractivity contribution in [2.45, 2.75) is 102 Å². The lowest BCUT2D eigenvalue weighted by Crippen LogP contribution is -2.51. The average molecular weight is 1090 g/mol. The minimum absolute atomic E-state index is 0.00455. The minimum atomic E-state index is -4.98. The molecule has 4 N–H and O–H groups in total. The zero-order chi connectivity index (χ0) is 53.6. The summed E-state index contributed by atoms with van der Waals surface area (Å²) in [5, 5.41) is 31.1. The molecule has 2 unspecified atom stereocenters. The van der Waals surface area contributed by atoms with Crippen LogP contribution in [0.3, 0.4) is 0 Å². The lowest BCUT2D eigenvalue weighted by molar-refractivity contribution is -0.141. The molecule has 76 heavy (non-hydrogen) atoms. The van der Waals surface area contributed by atoms with Crippen molar-refractivity contribution in [3.05, 3.63) is 87.6 Å². The number of aromatic hydroxyl groups is 1. The number of aromatic nitrogens is 5. The van der Waals surface area contributed by atoms with Crippen LogP contribution in [0.25, 0.3) is 32.6 Å². The highest BCUT2D eigenvalue weighted by Gasteiger charge is 2.44. The first-order valence-electron chi connectivity index (χ1n) is 25.6. The van der Waals surface area contributed by atoms with E-state index in [0.29, 0.717) is 50.9 Å². The van der Waals surface area contributed by atoms with Gasteiger partial charge in [-0.3, -0.25) is 19.5 Å². The van der Waals surface area contributed by atoms with Gasteiger partial charge >= 0.3 is 12.2 Å². The van der Waals surface area contributed by atoms with Crippen LogP contribution in [0.2, 0.25) is 5.02 Å². The number of carbonyl (C=O) groups is 2. The summed E-state index contributed by atoms with van der Waals surface area (Å²) in [6.45, 7) is 11.2. The van der Waals surface area contributed by atoms with Crippen molar-refractivity contribution in [1.82, 2.24) is 45.5 Å². The number of likely N-dealkylation sites (tertiary alicyclic amines) is 2. The number of benzene rings is 2. The van der Waals surface area contributed by atoms with Gasteiger partial charge in [0.25, 0.3) is 5.88 Å². The first kappa shape index (κ1) is 53.2. The fourth-order valence-corrected chi connectivity index (χ4v) is 12.1. The highest BCUT2D eigenvalue weighted by atomic mass is 35.5. The van der Waals surface area contributed by atoms with Crippen molar-refractivity contribution >= 4 is 51.5 Å². The van der Waals surface area contributed by atoms with Crippen LogP contribution in [-0.2, 0) is 15.8 Å². The lowest BCUT2D eigenvalue weighted by atomic mass is 9.91. The van der Waals surface area contributed by atoms with Crippen molar-refractivity contribution in [2.24, 2.45) is 11.8 Å². The Morgan fingerprint density at radius 3 is 2.42 bits per heavy atom. The van der Waals surface area contributed by atoms with Crippen LogP contribution in [0.4, 0.5) is 23.4 Å². The van der Waals surface area contributed by atoms with Gasteiger partial charge in [0, 0.05) is 62.5 Å². The van der Waals surface area contributed by atoms with Crippen LogP contribution < -0.4 is 25.0 Å². The molecule has 17 nitrogen and oxygen atoms in total. The van der Waals surface area contributed by atoms with E-state index in [4.69, 9.17) is 30.6 Å². The molecule has 6 atom stereocenters. The maximum atomic E-state index is 16.6. The topological polar surface area (TPSA) is 204 Å². The molecule has 4 saturated heterocycles. The molecule has 4 aliphatic rings. The molecule has 2 amide bonds. The highest BCUT2D eigenvalue weighted by Crippen LogP contribution is 2.45. The van der Waals surface area contributed by atoms with Gasteiger partial charge in [0.1, 0.15) is 41.3 Å². The van der Waals surface area contributed by atoms with E-state index in [1.807, 2.05) is 62.4 Å². The van der Waals surface area contributed by atoms with E-state index < -0.39 is 57.7 Å². The number of anilines is 1. The van der Waals surface area contributed by atoms with E-state index in [1.54, 1.807) is 17.4 Å². The summed E-state index contributed by atoms with van der Waals surface area (Å²) in [5.74, 6) is -2.38. The van der Waals surface area contributed by atoms with Crippen molar-refractivity contribution in [2.75, 3.05) is 57.4 Å². The molecule has 0 radical (unpaired) electrons. The Balaban J connectivity index is 0.742. The third-order valence-corrected chi connectivity index (χ3v) is 16.2. The number of hydrogen-bond acceptors (Lipinski definition) is 16. The van der Waals surface area contributed by atoms with Gasteiger partial charge in [-0.1, -0.05) is 49.7 Å². The number of pyridine rings is 1. The number of carbonyl (C=O) groups excluding carboxylic acids is 2. The van der Waals surface area contributed by atoms with Gasteiger partial charge < -0.3 is 44.6 Å². The molecule has 4 aromatic heterocycles. The van der Waals surface area contributed by atoms with Crippen LogP contribution in [-0.4, -0.2) is 134 Å². The Hall–Kier alpha value is -6.20. The van der Waals surface area contributed by atoms with Crippen molar-refractivity contribution in [1.29, 1.82) is 0 Å². The predicted octanol–water partition coefficient (Wildman–Crippen LogP) is 8.32. The molecule has 0 aliphatic carbocycles. The standard InChI is InChI=1S/C53H59ClF4N10O7S/c1-27(2)43(51(72)68-24-36(70)19-40(68)50(71)61-28(3)31-5-7-32(8-6-31)48-29(4)60-26-76-48)41-20-42(65-75-41)74-25-30-11-13-66(14-12-30)15-16-73-52-63-47-38(49(64-52)67-22-33-9-10-34(23-67)62-33)21-59-46(45(47)55)37-17-35(69)18-39(54)44(37)53(56,57)58/h5-8,17-18,20-21,26-28,30,33-34,36,40,43,62,69-70H,9-16,19,22-25H2,1-4H3,(H,61,71)/t28-,33?,34?,36+,40-,43+/m0/s1. The number of piperazine rings is 1. The lowest BCUT2D eigenvalue weighted by Gasteiger charge is -2.34. The second-order valence-electron chi connectivity index (χ2n) is 20.7. The maximum Gasteiger partial charge on any atom is 0.418 e. The molecule has 2 aromatic carbocycles. The van der Waals surface area contributed by atoms with Gasteiger partial charge in [-0.15, -0.1) is 11.3 Å². The number of alkyl halides is 3. The van der Waals surface area contributed by atoms with Gasteiger partial charge in [-0.25, -0.2) is 9.37 Å². The number of aliphatic hydroxyl groups excluding tert-OH is 1. The quantitative estimate of drug-likeness (QED) is 0.0673. The Morgan fingerprint density at radius 2 is 1.74 bits per heavy atom.